The van der Waals surface area contributed by atoms with Crippen LogP contribution in [-0.4, -0.2) is 47.4 Å². The fourth-order valence-electron chi connectivity index (χ4n) is 12.3. The summed E-state index contributed by atoms with van der Waals surface area (Å²) in [6, 6.07) is -0.542. The van der Waals surface area contributed by atoms with Gasteiger partial charge in [0.05, 0.1) is 25.4 Å². The molecule has 1 amide bonds. The maximum atomic E-state index is 12.6. The maximum absolute atomic E-state index is 12.6. The highest BCUT2D eigenvalue weighted by Crippen LogP contribution is 2.20. The summed E-state index contributed by atoms with van der Waals surface area (Å²) in [7, 11) is 0. The van der Waals surface area contributed by atoms with Gasteiger partial charge in [-0.3, -0.25) is 9.59 Å². The zero-order valence-electron chi connectivity index (χ0n) is 56.0. The van der Waals surface area contributed by atoms with E-state index in [1.165, 1.54) is 366 Å². The summed E-state index contributed by atoms with van der Waals surface area (Å²) in [6.07, 6.45) is 89.9. The topological polar surface area (TPSA) is 95.9 Å². The summed E-state index contributed by atoms with van der Waals surface area (Å²) in [5.74, 6) is -0.00899. The van der Waals surface area contributed by atoms with Crippen LogP contribution in [0.5, 0.6) is 0 Å². The smallest absolute Gasteiger partial charge is 0.305 e. The molecule has 0 aromatic rings. The van der Waals surface area contributed by atoms with E-state index in [0.717, 1.165) is 38.5 Å². The Morgan fingerprint density at radius 2 is 0.573 bits per heavy atom. The number of amides is 1. The number of nitrogens with one attached hydrogen (secondary N) is 1. The Morgan fingerprint density at radius 1 is 0.329 bits per heavy atom. The lowest BCUT2D eigenvalue weighted by Gasteiger charge is -2.22. The van der Waals surface area contributed by atoms with Crippen LogP contribution in [-0.2, 0) is 14.3 Å². The van der Waals surface area contributed by atoms with Gasteiger partial charge in [0, 0.05) is 12.8 Å². The van der Waals surface area contributed by atoms with Gasteiger partial charge in [0.1, 0.15) is 0 Å². The number of esters is 1. The molecule has 0 aromatic carbocycles. The van der Waals surface area contributed by atoms with Crippen molar-refractivity contribution in [3.8, 4) is 0 Å². The van der Waals surface area contributed by atoms with Gasteiger partial charge < -0.3 is 20.3 Å². The number of hydrogen-bond acceptors (Lipinski definition) is 5. The van der Waals surface area contributed by atoms with Crippen molar-refractivity contribution in [3.63, 3.8) is 0 Å². The molecule has 0 aliphatic heterocycles. The molecule has 0 radical (unpaired) electrons. The molecule has 82 heavy (non-hydrogen) atoms. The standard InChI is InChI=1S/C76H149NO5/c1-3-5-7-9-11-13-15-17-19-21-22-31-34-37-40-44-48-52-56-60-64-68-74(79)73(72-78)77-75(80)69-65-61-57-53-49-45-41-38-35-32-29-27-25-23-24-26-28-30-33-36-39-43-47-51-55-59-63-67-71-82-76(81)70-66-62-58-54-50-46-42-20-18-16-14-12-10-8-6-4-2/h23-24,73-74,78-79H,3-22,25-72H2,1-2H3,(H,77,80)/b24-23-. The Morgan fingerprint density at radius 3 is 0.866 bits per heavy atom. The van der Waals surface area contributed by atoms with Crippen molar-refractivity contribution in [2.45, 2.75) is 450 Å². The Kier molecular flexibility index (Phi) is 70.8. The van der Waals surface area contributed by atoms with Crippen LogP contribution < -0.4 is 5.32 Å². The summed E-state index contributed by atoms with van der Waals surface area (Å²) in [6.45, 7) is 5.01. The van der Waals surface area contributed by atoms with Gasteiger partial charge in [-0.05, 0) is 51.4 Å². The number of ether oxygens (including phenoxy) is 1. The van der Waals surface area contributed by atoms with E-state index < -0.39 is 12.1 Å². The zero-order chi connectivity index (χ0) is 59.2. The van der Waals surface area contributed by atoms with E-state index in [2.05, 4.69) is 31.3 Å². The molecule has 0 saturated carbocycles. The third-order valence-electron chi connectivity index (χ3n) is 18.1. The van der Waals surface area contributed by atoms with Gasteiger partial charge in [-0.1, -0.05) is 386 Å². The van der Waals surface area contributed by atoms with Crippen molar-refractivity contribution in [2.24, 2.45) is 0 Å². The van der Waals surface area contributed by atoms with Crippen LogP contribution in [0.15, 0.2) is 12.2 Å². The molecule has 0 spiro atoms. The number of aliphatic hydroxyl groups is 2. The number of aliphatic hydroxyl groups excluding tert-OH is 2. The summed E-state index contributed by atoms with van der Waals surface area (Å²) >= 11 is 0. The number of carbonyl (C=O) groups is 2. The molecular formula is C76H149NO5. The highest BCUT2D eigenvalue weighted by Gasteiger charge is 2.20. The van der Waals surface area contributed by atoms with Gasteiger partial charge in [-0.2, -0.15) is 0 Å². The van der Waals surface area contributed by atoms with Gasteiger partial charge in [-0.25, -0.2) is 0 Å². The first-order chi connectivity index (χ1) is 40.5. The second-order valence-corrected chi connectivity index (χ2v) is 26.3. The van der Waals surface area contributed by atoms with Crippen molar-refractivity contribution < 1.29 is 24.5 Å². The van der Waals surface area contributed by atoms with Crippen LogP contribution in [0.1, 0.15) is 438 Å². The lowest BCUT2D eigenvalue weighted by atomic mass is 10.0. The highest BCUT2D eigenvalue weighted by atomic mass is 16.5. The van der Waals surface area contributed by atoms with Crippen LogP contribution in [0, 0.1) is 0 Å². The number of carbonyl (C=O) groups excluding carboxylic acids is 2. The van der Waals surface area contributed by atoms with Gasteiger partial charge in [-0.15, -0.1) is 0 Å². The molecular weight excluding hydrogens is 1010 g/mol. The monoisotopic (exact) mass is 1160 g/mol. The molecule has 0 saturated heterocycles. The van der Waals surface area contributed by atoms with Crippen molar-refractivity contribution in [3.05, 3.63) is 12.2 Å². The molecule has 6 nitrogen and oxygen atoms in total. The Labute approximate surface area is 514 Å². The quantitative estimate of drug-likeness (QED) is 0.0320. The SMILES string of the molecule is CCCCCCCCCCCCCCCCCCCCCCCC(O)C(CO)NC(=O)CCCCCCCCCCCCCC/C=C\CCCCCCCCCCCCCCOC(=O)CCCCCCCCCCCCCCCCCC. The Bertz CT molecular complexity index is 1240. The van der Waals surface area contributed by atoms with E-state index in [0.29, 0.717) is 25.9 Å². The number of unbranched alkanes of at least 4 members (excludes halogenated alkanes) is 59. The van der Waals surface area contributed by atoms with E-state index in [1.807, 2.05) is 0 Å². The van der Waals surface area contributed by atoms with Gasteiger partial charge in [0.15, 0.2) is 0 Å². The van der Waals surface area contributed by atoms with Gasteiger partial charge in [0.25, 0.3) is 0 Å². The van der Waals surface area contributed by atoms with Crippen LogP contribution in [0.25, 0.3) is 0 Å². The fourth-order valence-corrected chi connectivity index (χ4v) is 12.3. The molecule has 0 rings (SSSR count). The lowest BCUT2D eigenvalue weighted by molar-refractivity contribution is -0.143. The van der Waals surface area contributed by atoms with Gasteiger partial charge >= 0.3 is 5.97 Å². The molecule has 0 heterocycles. The Hall–Kier alpha value is -1.40. The minimum Gasteiger partial charge on any atom is -0.466 e. The van der Waals surface area contributed by atoms with E-state index in [4.69, 9.17) is 4.74 Å². The average Bonchev–Trinajstić information content (AvgIpc) is 3.48. The molecule has 0 aliphatic rings. The van der Waals surface area contributed by atoms with Crippen LogP contribution >= 0.6 is 0 Å². The molecule has 6 heteroatoms. The first-order valence-corrected chi connectivity index (χ1v) is 37.9. The average molecular weight is 1160 g/mol. The van der Waals surface area contributed by atoms with Gasteiger partial charge in [0.2, 0.25) is 5.91 Å². The lowest BCUT2D eigenvalue weighted by Crippen LogP contribution is -2.45. The van der Waals surface area contributed by atoms with Crippen LogP contribution in [0.4, 0.5) is 0 Å². The van der Waals surface area contributed by atoms with E-state index in [-0.39, 0.29) is 18.5 Å². The molecule has 0 aliphatic carbocycles. The van der Waals surface area contributed by atoms with E-state index in [9.17, 15) is 19.8 Å². The molecule has 2 unspecified atom stereocenters. The summed E-state index contributed by atoms with van der Waals surface area (Å²) in [4.78, 5) is 24.7. The van der Waals surface area contributed by atoms with Crippen LogP contribution in [0.2, 0.25) is 0 Å². The largest absolute Gasteiger partial charge is 0.466 e. The Balaban J connectivity index is 3.36. The first kappa shape index (κ1) is 80.6. The number of allylic oxidation sites excluding steroid dienone is 2. The number of rotatable bonds is 72. The zero-order valence-corrected chi connectivity index (χ0v) is 56.0. The minimum absolute atomic E-state index is 0.0206. The third kappa shape index (κ3) is 67.7. The molecule has 0 bridgehead atoms. The number of hydrogen-bond donors (Lipinski definition) is 3. The minimum atomic E-state index is -0.665. The molecule has 2 atom stereocenters. The molecule has 488 valence electrons. The summed E-state index contributed by atoms with van der Waals surface area (Å²) in [5.41, 5.74) is 0. The predicted molar refractivity (Wildman–Crippen MR) is 361 cm³/mol. The third-order valence-corrected chi connectivity index (χ3v) is 18.1. The highest BCUT2D eigenvalue weighted by molar-refractivity contribution is 5.76. The fraction of sp³-hybridized carbons (Fsp3) is 0.947. The first-order valence-electron chi connectivity index (χ1n) is 37.9. The molecule has 0 fully saturated rings. The molecule has 0 aromatic heterocycles. The van der Waals surface area contributed by atoms with Crippen molar-refractivity contribution in [1.82, 2.24) is 5.32 Å². The normalized spacial score (nSPS) is 12.5. The maximum Gasteiger partial charge on any atom is 0.305 e. The predicted octanol–water partition coefficient (Wildman–Crippen LogP) is 24.7. The molecule has 3 N–H and O–H groups in total. The van der Waals surface area contributed by atoms with Crippen molar-refractivity contribution >= 4 is 11.9 Å². The van der Waals surface area contributed by atoms with Crippen molar-refractivity contribution in [2.75, 3.05) is 13.2 Å². The van der Waals surface area contributed by atoms with E-state index >= 15 is 0 Å². The van der Waals surface area contributed by atoms with E-state index in [1.54, 1.807) is 0 Å². The summed E-state index contributed by atoms with van der Waals surface area (Å²) < 4.78 is 5.51. The summed E-state index contributed by atoms with van der Waals surface area (Å²) in [5, 5.41) is 23.4. The van der Waals surface area contributed by atoms with Crippen LogP contribution in [0.3, 0.4) is 0 Å². The van der Waals surface area contributed by atoms with Crippen molar-refractivity contribution in [1.29, 1.82) is 0 Å². The second-order valence-electron chi connectivity index (χ2n) is 26.3. The second kappa shape index (κ2) is 72.1.